The van der Waals surface area contributed by atoms with Gasteiger partial charge < -0.3 is 29.9 Å². The standard InChI is InChI=1S/C24H28F2N2O3.C4H4O4/c1-27-16-22(31-23(27)29)12-15-28-13-10-19(11-14-28)24(30,17-2-6-20(25)7-3-17)18-4-8-21(26)9-5-18;5-3(6)1-2-4(7)8/h2-9,19,22,30H,10-16H2,1H3;1-2H,(H,5,6)(H,7,8)/b;2-1+/t22-;/m0./s1. The zero-order chi connectivity index (χ0) is 28.6. The summed E-state index contributed by atoms with van der Waals surface area (Å²) < 4.78 is 32.4. The van der Waals surface area contributed by atoms with E-state index in [2.05, 4.69) is 4.90 Å². The van der Waals surface area contributed by atoms with Crippen molar-refractivity contribution in [1.82, 2.24) is 9.80 Å². The predicted molar refractivity (Wildman–Crippen MR) is 137 cm³/mol. The van der Waals surface area contributed by atoms with E-state index in [4.69, 9.17) is 14.9 Å². The largest absolute Gasteiger partial charge is 0.478 e. The van der Waals surface area contributed by atoms with Gasteiger partial charge in [0.1, 0.15) is 23.3 Å². The molecule has 0 aromatic heterocycles. The van der Waals surface area contributed by atoms with Crippen molar-refractivity contribution < 1.29 is 43.2 Å². The molecule has 4 rings (SSSR count). The number of aliphatic hydroxyl groups is 1. The summed E-state index contributed by atoms with van der Waals surface area (Å²) in [6, 6.07) is 11.8. The average molecular weight is 547 g/mol. The van der Waals surface area contributed by atoms with Gasteiger partial charge in [-0.15, -0.1) is 0 Å². The van der Waals surface area contributed by atoms with E-state index in [0.717, 1.165) is 38.9 Å². The first-order valence-electron chi connectivity index (χ1n) is 12.5. The third-order valence-corrected chi connectivity index (χ3v) is 6.94. The van der Waals surface area contributed by atoms with Crippen LogP contribution in [0.4, 0.5) is 13.6 Å². The van der Waals surface area contributed by atoms with Gasteiger partial charge in [0.2, 0.25) is 0 Å². The Morgan fingerprint density at radius 2 is 1.41 bits per heavy atom. The quantitative estimate of drug-likeness (QED) is 0.430. The van der Waals surface area contributed by atoms with E-state index in [1.54, 1.807) is 36.2 Å². The summed E-state index contributed by atoms with van der Waals surface area (Å²) in [6.07, 6.45) is 3.04. The zero-order valence-corrected chi connectivity index (χ0v) is 21.5. The number of piperidine rings is 1. The maximum absolute atomic E-state index is 13.5. The number of carboxylic acid groups (broad SMARTS) is 2. The first-order valence-corrected chi connectivity index (χ1v) is 12.5. The summed E-state index contributed by atoms with van der Waals surface area (Å²) in [7, 11) is 1.74. The van der Waals surface area contributed by atoms with Crippen molar-refractivity contribution in [3.05, 3.63) is 83.4 Å². The van der Waals surface area contributed by atoms with Gasteiger partial charge in [-0.2, -0.15) is 0 Å². The number of cyclic esters (lactones) is 1. The molecule has 39 heavy (non-hydrogen) atoms. The fourth-order valence-electron chi connectivity index (χ4n) is 4.89. The molecule has 3 N–H and O–H groups in total. The van der Waals surface area contributed by atoms with Crippen LogP contribution in [0, 0.1) is 17.6 Å². The molecule has 1 amide bonds. The third kappa shape index (κ3) is 8.08. The predicted octanol–water partition coefficient (Wildman–Crippen LogP) is 3.47. The highest BCUT2D eigenvalue weighted by Crippen LogP contribution is 2.42. The summed E-state index contributed by atoms with van der Waals surface area (Å²) in [5.41, 5.74) is -0.100. The van der Waals surface area contributed by atoms with Gasteiger partial charge in [0.25, 0.3) is 0 Å². The van der Waals surface area contributed by atoms with Gasteiger partial charge in [-0.25, -0.2) is 23.2 Å². The Kier molecular flexibility index (Phi) is 10.1. The Balaban J connectivity index is 0.000000459. The van der Waals surface area contributed by atoms with Crippen LogP contribution < -0.4 is 0 Å². The minimum absolute atomic E-state index is 0.0782. The number of likely N-dealkylation sites (N-methyl/N-ethyl adjacent to an activating group) is 1. The van der Waals surface area contributed by atoms with Crippen LogP contribution in [0.5, 0.6) is 0 Å². The van der Waals surface area contributed by atoms with Crippen LogP contribution in [0.1, 0.15) is 30.4 Å². The molecule has 2 aliphatic heterocycles. The second-order valence-electron chi connectivity index (χ2n) is 9.58. The smallest absolute Gasteiger partial charge is 0.409 e. The monoisotopic (exact) mass is 546 g/mol. The number of carbonyl (C=O) groups is 3. The highest BCUT2D eigenvalue weighted by molar-refractivity contribution is 5.89. The molecule has 0 unspecified atom stereocenters. The summed E-state index contributed by atoms with van der Waals surface area (Å²) in [6.45, 7) is 3.03. The van der Waals surface area contributed by atoms with Crippen molar-refractivity contribution in [3.63, 3.8) is 0 Å². The van der Waals surface area contributed by atoms with Crippen molar-refractivity contribution in [2.75, 3.05) is 33.2 Å². The Bertz CT molecular complexity index is 1100. The molecule has 0 radical (unpaired) electrons. The lowest BCUT2D eigenvalue weighted by Gasteiger charge is -2.42. The van der Waals surface area contributed by atoms with E-state index in [0.29, 0.717) is 29.8 Å². The molecule has 0 spiro atoms. The molecule has 2 saturated heterocycles. The summed E-state index contributed by atoms with van der Waals surface area (Å²) in [5, 5.41) is 27.5. The maximum Gasteiger partial charge on any atom is 0.409 e. The number of aliphatic carboxylic acids is 2. The fourth-order valence-corrected chi connectivity index (χ4v) is 4.89. The number of ether oxygens (including phenoxy) is 1. The van der Waals surface area contributed by atoms with Crippen molar-refractivity contribution in [2.24, 2.45) is 5.92 Å². The number of hydrogen-bond donors (Lipinski definition) is 3. The molecule has 0 aliphatic carbocycles. The van der Waals surface area contributed by atoms with E-state index >= 15 is 0 Å². The van der Waals surface area contributed by atoms with E-state index in [1.165, 1.54) is 24.3 Å². The Morgan fingerprint density at radius 3 is 1.79 bits per heavy atom. The minimum atomic E-state index is -1.32. The lowest BCUT2D eigenvalue weighted by molar-refractivity contribution is -0.134. The summed E-state index contributed by atoms with van der Waals surface area (Å²) in [4.78, 5) is 34.5. The van der Waals surface area contributed by atoms with Crippen molar-refractivity contribution in [3.8, 4) is 0 Å². The second kappa shape index (κ2) is 13.3. The van der Waals surface area contributed by atoms with Gasteiger partial charge in [-0.3, -0.25) is 0 Å². The molecule has 2 heterocycles. The van der Waals surface area contributed by atoms with Crippen molar-refractivity contribution in [2.45, 2.75) is 31.0 Å². The van der Waals surface area contributed by atoms with Crippen molar-refractivity contribution in [1.29, 1.82) is 0 Å². The van der Waals surface area contributed by atoms with E-state index < -0.39 is 17.5 Å². The number of carbonyl (C=O) groups excluding carboxylic acids is 1. The SMILES string of the molecule is CN1C[C@H](CCN2CCC(C(O)(c3ccc(F)cc3)c3ccc(F)cc3)CC2)OC1=O.O=C(O)/C=C/C(=O)O. The summed E-state index contributed by atoms with van der Waals surface area (Å²) in [5.74, 6) is -3.33. The zero-order valence-electron chi connectivity index (χ0n) is 21.5. The molecule has 2 aromatic carbocycles. The second-order valence-corrected chi connectivity index (χ2v) is 9.58. The molecule has 210 valence electrons. The van der Waals surface area contributed by atoms with Gasteiger partial charge >= 0.3 is 18.0 Å². The Labute approximate surface area is 224 Å². The molecule has 2 aliphatic rings. The number of hydrogen-bond acceptors (Lipinski definition) is 6. The molecular formula is C28H32F2N2O7. The van der Waals surface area contributed by atoms with Crippen LogP contribution in [0.25, 0.3) is 0 Å². The molecule has 1 atom stereocenters. The fraction of sp³-hybridized carbons (Fsp3) is 0.393. The number of rotatable bonds is 8. The summed E-state index contributed by atoms with van der Waals surface area (Å²) >= 11 is 0. The van der Waals surface area contributed by atoms with E-state index in [9.17, 15) is 28.3 Å². The molecule has 9 nitrogen and oxygen atoms in total. The first-order chi connectivity index (χ1) is 18.5. The van der Waals surface area contributed by atoms with Crippen LogP contribution in [0.2, 0.25) is 0 Å². The number of nitrogens with zero attached hydrogens (tertiary/aromatic N) is 2. The maximum atomic E-state index is 13.5. The topological polar surface area (TPSA) is 128 Å². The number of likely N-dealkylation sites (tertiary alicyclic amines) is 1. The van der Waals surface area contributed by atoms with Crippen LogP contribution in [-0.2, 0) is 19.9 Å². The molecule has 0 saturated carbocycles. The molecule has 2 aromatic rings. The average Bonchev–Trinajstić information content (AvgIpc) is 3.24. The molecule has 0 bridgehead atoms. The molecule has 11 heteroatoms. The van der Waals surface area contributed by atoms with Crippen LogP contribution in [0.3, 0.4) is 0 Å². The van der Waals surface area contributed by atoms with Crippen molar-refractivity contribution >= 4 is 18.0 Å². The van der Waals surface area contributed by atoms with Gasteiger partial charge in [-0.1, -0.05) is 24.3 Å². The Morgan fingerprint density at radius 1 is 0.949 bits per heavy atom. The number of benzene rings is 2. The number of carboxylic acids is 2. The van der Waals surface area contributed by atoms with Gasteiger partial charge in [0, 0.05) is 25.7 Å². The normalized spacial score (nSPS) is 18.5. The molecular weight excluding hydrogens is 514 g/mol. The number of amides is 1. The highest BCUT2D eigenvalue weighted by Gasteiger charge is 2.42. The van der Waals surface area contributed by atoms with Gasteiger partial charge in [0.15, 0.2) is 0 Å². The first kappa shape index (κ1) is 29.7. The minimum Gasteiger partial charge on any atom is -0.478 e. The highest BCUT2D eigenvalue weighted by atomic mass is 19.1. The van der Waals surface area contributed by atoms with E-state index in [1.807, 2.05) is 0 Å². The van der Waals surface area contributed by atoms with E-state index in [-0.39, 0.29) is 29.7 Å². The third-order valence-electron chi connectivity index (χ3n) is 6.94. The van der Waals surface area contributed by atoms with Crippen LogP contribution >= 0.6 is 0 Å². The lowest BCUT2D eigenvalue weighted by Crippen LogP contribution is -2.44. The van der Waals surface area contributed by atoms with Crippen LogP contribution in [-0.4, -0.2) is 82.5 Å². The van der Waals surface area contributed by atoms with Crippen LogP contribution in [0.15, 0.2) is 60.7 Å². The van der Waals surface area contributed by atoms with Gasteiger partial charge in [-0.05, 0) is 73.7 Å². The number of halogens is 2. The lowest BCUT2D eigenvalue weighted by atomic mass is 9.72. The Hall–Kier alpha value is -3.83. The molecule has 2 fully saturated rings. The van der Waals surface area contributed by atoms with Gasteiger partial charge in [0.05, 0.1) is 6.54 Å².